The zero-order valence-electron chi connectivity index (χ0n) is 13.5. The number of nitrogens with one attached hydrogen (secondary N) is 4. The summed E-state index contributed by atoms with van der Waals surface area (Å²) in [6.07, 6.45) is 0.0615. The molecular formula is C16H16N6O3S. The molecular weight excluding hydrogens is 356 g/mol. The number of nitrogens with zero attached hydrogens (tertiary/aromatic N) is 1. The summed E-state index contributed by atoms with van der Waals surface area (Å²) >= 11 is 1.44. The summed E-state index contributed by atoms with van der Waals surface area (Å²) in [5.41, 5.74) is 8.80. The van der Waals surface area contributed by atoms with Crippen molar-refractivity contribution in [3.05, 3.63) is 41.5 Å². The first-order chi connectivity index (χ1) is 12.5. The predicted molar refractivity (Wildman–Crippen MR) is 99.2 cm³/mol. The van der Waals surface area contributed by atoms with E-state index < -0.39 is 11.9 Å². The summed E-state index contributed by atoms with van der Waals surface area (Å²) < 4.78 is 0.901. The van der Waals surface area contributed by atoms with Gasteiger partial charge in [0.05, 0.1) is 10.2 Å². The van der Waals surface area contributed by atoms with Gasteiger partial charge in [-0.05, 0) is 24.3 Å². The van der Waals surface area contributed by atoms with Gasteiger partial charge in [0.15, 0.2) is 0 Å². The number of carbonyl (C=O) groups excluding carboxylic acids is 3. The summed E-state index contributed by atoms with van der Waals surface area (Å²) in [6, 6.07) is 7.97. The Bertz CT molecular complexity index is 935. The second-order valence-electron chi connectivity index (χ2n) is 5.38. The van der Waals surface area contributed by atoms with Gasteiger partial charge in [-0.25, -0.2) is 9.78 Å². The number of thiazole rings is 1. The number of anilines is 2. The fourth-order valence-electron chi connectivity index (χ4n) is 2.22. The second-order valence-corrected chi connectivity index (χ2v) is 6.27. The summed E-state index contributed by atoms with van der Waals surface area (Å²) in [5.74, 6) is -0.798. The van der Waals surface area contributed by atoms with E-state index in [2.05, 4.69) is 25.9 Å². The molecule has 3 rings (SSSR count). The van der Waals surface area contributed by atoms with Gasteiger partial charge in [0.1, 0.15) is 11.3 Å². The summed E-state index contributed by atoms with van der Waals surface area (Å²) in [7, 11) is 0. The molecule has 2 aromatic heterocycles. The van der Waals surface area contributed by atoms with Gasteiger partial charge in [0.25, 0.3) is 5.91 Å². The SMILES string of the molecule is NC(=O)CCNC(=O)Nc1cccc(NC(=O)c2cc3scnc3[nH]2)c1. The summed E-state index contributed by atoms with van der Waals surface area (Å²) in [4.78, 5) is 41.8. The molecule has 26 heavy (non-hydrogen) atoms. The number of primary amides is 1. The molecule has 0 aliphatic heterocycles. The Morgan fingerprint density at radius 1 is 1.15 bits per heavy atom. The molecule has 3 aromatic rings. The Balaban J connectivity index is 1.59. The minimum Gasteiger partial charge on any atom is -0.370 e. The van der Waals surface area contributed by atoms with Gasteiger partial charge in [0.2, 0.25) is 5.91 Å². The highest BCUT2D eigenvalue weighted by Gasteiger charge is 2.11. The lowest BCUT2D eigenvalue weighted by atomic mass is 10.2. The number of H-pyrrole nitrogens is 1. The molecule has 134 valence electrons. The molecule has 4 amide bonds. The van der Waals surface area contributed by atoms with E-state index in [4.69, 9.17) is 5.73 Å². The van der Waals surface area contributed by atoms with Crippen molar-refractivity contribution in [1.29, 1.82) is 0 Å². The zero-order chi connectivity index (χ0) is 18.5. The standard InChI is InChI=1S/C16H16N6O3S/c17-13(23)4-5-18-16(25)21-10-3-1-2-9(6-10)20-15(24)11-7-12-14(22-11)19-8-26-12/h1-3,6-8,22H,4-5H2,(H2,17,23)(H,20,24)(H2,18,21,25). The number of nitrogens with two attached hydrogens (primary N) is 1. The number of benzene rings is 1. The van der Waals surface area contributed by atoms with E-state index in [-0.39, 0.29) is 18.9 Å². The number of fused-ring (bicyclic) bond motifs is 1. The van der Waals surface area contributed by atoms with Crippen LogP contribution in [0.2, 0.25) is 0 Å². The van der Waals surface area contributed by atoms with Gasteiger partial charge in [-0.1, -0.05) is 6.07 Å². The number of hydrogen-bond donors (Lipinski definition) is 5. The number of carbonyl (C=O) groups is 3. The minimum atomic E-state index is -0.491. The second kappa shape index (κ2) is 7.66. The van der Waals surface area contributed by atoms with Crippen LogP contribution in [0.5, 0.6) is 0 Å². The highest BCUT2D eigenvalue weighted by molar-refractivity contribution is 7.16. The van der Waals surface area contributed by atoms with Crippen molar-refractivity contribution in [2.24, 2.45) is 5.73 Å². The Labute approximate surface area is 152 Å². The van der Waals surface area contributed by atoms with Crippen LogP contribution in [-0.4, -0.2) is 34.4 Å². The van der Waals surface area contributed by atoms with Crippen LogP contribution in [0.15, 0.2) is 35.8 Å². The lowest BCUT2D eigenvalue weighted by Crippen LogP contribution is -2.31. The van der Waals surface area contributed by atoms with Crippen molar-refractivity contribution in [2.45, 2.75) is 6.42 Å². The van der Waals surface area contributed by atoms with Crippen LogP contribution >= 0.6 is 11.3 Å². The third-order valence-electron chi connectivity index (χ3n) is 3.40. The average molecular weight is 372 g/mol. The van der Waals surface area contributed by atoms with Crippen molar-refractivity contribution < 1.29 is 14.4 Å². The van der Waals surface area contributed by atoms with Crippen molar-refractivity contribution >= 4 is 50.9 Å². The van der Waals surface area contributed by atoms with Gasteiger partial charge >= 0.3 is 6.03 Å². The monoisotopic (exact) mass is 372 g/mol. The molecule has 0 aliphatic rings. The smallest absolute Gasteiger partial charge is 0.319 e. The predicted octanol–water partition coefficient (Wildman–Crippen LogP) is 1.87. The molecule has 0 bridgehead atoms. The molecule has 0 atom stereocenters. The maximum absolute atomic E-state index is 12.3. The van der Waals surface area contributed by atoms with Crippen LogP contribution in [0, 0.1) is 0 Å². The van der Waals surface area contributed by atoms with Gasteiger partial charge in [-0.2, -0.15) is 0 Å². The zero-order valence-corrected chi connectivity index (χ0v) is 14.4. The Morgan fingerprint density at radius 2 is 1.92 bits per heavy atom. The molecule has 0 radical (unpaired) electrons. The van der Waals surface area contributed by atoms with Crippen LogP contribution in [0.4, 0.5) is 16.2 Å². The number of aromatic nitrogens is 2. The summed E-state index contributed by atoms with van der Waals surface area (Å²) in [5, 5.41) is 7.88. The molecule has 1 aromatic carbocycles. The minimum absolute atomic E-state index is 0.0615. The first kappa shape index (κ1) is 17.4. The van der Waals surface area contributed by atoms with Crippen LogP contribution in [0.1, 0.15) is 16.9 Å². The number of amides is 4. The third-order valence-corrected chi connectivity index (χ3v) is 4.18. The van der Waals surface area contributed by atoms with Crippen LogP contribution < -0.4 is 21.7 Å². The highest BCUT2D eigenvalue weighted by Crippen LogP contribution is 2.20. The number of hydrogen-bond acceptors (Lipinski definition) is 5. The maximum Gasteiger partial charge on any atom is 0.319 e. The topological polar surface area (TPSA) is 142 Å². The van der Waals surface area contributed by atoms with Crippen molar-refractivity contribution in [1.82, 2.24) is 15.3 Å². The first-order valence-corrected chi connectivity index (χ1v) is 8.56. The summed E-state index contributed by atoms with van der Waals surface area (Å²) in [6.45, 7) is 0.148. The largest absolute Gasteiger partial charge is 0.370 e. The number of rotatable bonds is 6. The lowest BCUT2D eigenvalue weighted by Gasteiger charge is -2.09. The van der Waals surface area contributed by atoms with E-state index in [0.29, 0.717) is 22.7 Å². The molecule has 9 nitrogen and oxygen atoms in total. The quantitative estimate of drug-likeness (QED) is 0.450. The molecule has 0 saturated carbocycles. The van der Waals surface area contributed by atoms with E-state index in [1.807, 2.05) is 0 Å². The van der Waals surface area contributed by atoms with Gasteiger partial charge < -0.3 is 26.7 Å². The Morgan fingerprint density at radius 3 is 2.65 bits per heavy atom. The molecule has 10 heteroatoms. The van der Waals surface area contributed by atoms with Crippen molar-refractivity contribution in [2.75, 3.05) is 17.2 Å². The van der Waals surface area contributed by atoms with E-state index in [1.165, 1.54) is 11.3 Å². The van der Waals surface area contributed by atoms with Gasteiger partial charge in [0, 0.05) is 24.3 Å². The maximum atomic E-state index is 12.3. The lowest BCUT2D eigenvalue weighted by molar-refractivity contribution is -0.117. The normalized spacial score (nSPS) is 10.5. The van der Waals surface area contributed by atoms with E-state index in [9.17, 15) is 14.4 Å². The van der Waals surface area contributed by atoms with Crippen LogP contribution in [-0.2, 0) is 4.79 Å². The van der Waals surface area contributed by atoms with Crippen molar-refractivity contribution in [3.63, 3.8) is 0 Å². The fourth-order valence-corrected chi connectivity index (χ4v) is 2.89. The molecule has 6 N–H and O–H groups in total. The van der Waals surface area contributed by atoms with E-state index >= 15 is 0 Å². The Kier molecular flexibility index (Phi) is 5.13. The molecule has 0 fully saturated rings. The number of aromatic amines is 1. The highest BCUT2D eigenvalue weighted by atomic mass is 32.1. The van der Waals surface area contributed by atoms with Crippen LogP contribution in [0.3, 0.4) is 0 Å². The van der Waals surface area contributed by atoms with Gasteiger partial charge in [-0.3, -0.25) is 9.59 Å². The molecule has 0 saturated heterocycles. The van der Waals surface area contributed by atoms with E-state index in [1.54, 1.807) is 35.8 Å². The average Bonchev–Trinajstić information content (AvgIpc) is 3.16. The molecule has 2 heterocycles. The fraction of sp³-hybridized carbons (Fsp3) is 0.125. The third kappa shape index (κ3) is 4.36. The van der Waals surface area contributed by atoms with Crippen molar-refractivity contribution in [3.8, 4) is 0 Å². The number of urea groups is 1. The van der Waals surface area contributed by atoms with Gasteiger partial charge in [-0.15, -0.1) is 11.3 Å². The molecule has 0 aliphatic carbocycles. The molecule has 0 spiro atoms. The first-order valence-electron chi connectivity index (χ1n) is 7.68. The Hall–Kier alpha value is -3.40. The van der Waals surface area contributed by atoms with E-state index in [0.717, 1.165) is 4.70 Å². The van der Waals surface area contributed by atoms with Crippen LogP contribution in [0.25, 0.3) is 10.3 Å². The molecule has 0 unspecified atom stereocenters.